The Morgan fingerprint density at radius 3 is 2.00 bits per heavy atom. The quantitative estimate of drug-likeness (QED) is 0.403. The highest BCUT2D eigenvalue weighted by molar-refractivity contribution is 6.54. The van der Waals surface area contributed by atoms with Gasteiger partial charge in [0.25, 0.3) is 0 Å². The van der Waals surface area contributed by atoms with Gasteiger partial charge in [-0.25, -0.2) is 0 Å². The van der Waals surface area contributed by atoms with E-state index in [1.165, 1.54) is 0 Å². The highest BCUT2D eigenvalue weighted by Gasteiger charge is 1.65. The molecule has 20 valence electrons. The van der Waals surface area contributed by atoms with Crippen LogP contribution >= 0.6 is 0 Å². The Morgan fingerprint density at radius 1 is 2.00 bits per heavy atom. The predicted octanol–water partition coefficient (Wildman–Crippen LogP) is -0.167. The van der Waals surface area contributed by atoms with Gasteiger partial charge in [0.1, 0.15) is 0 Å². The second kappa shape index (κ2) is 1.34. The average molecular weight is 72.0 g/mol. The van der Waals surface area contributed by atoms with E-state index in [-0.39, 0.29) is 0 Å². The number of hydrogen-bond donors (Lipinski definition) is 1. The number of carboxylic acid groups (broad SMARTS) is 1. The molecule has 0 unspecified atom stereocenters. The normalized spacial score (nSPS) is 6.00. The fourth-order valence-corrected chi connectivity index (χ4v) is 0. The Kier molecular flexibility index (Phi) is 1.34. The molecule has 0 amide bonds. The molecule has 0 heterocycles. The molecule has 0 fully saturated rings. The summed E-state index contributed by atoms with van der Waals surface area (Å²) in [5.41, 5.74) is 0. The van der Waals surface area contributed by atoms with Crippen LogP contribution in [-0.4, -0.2) is 26.2 Å². The third kappa shape index (κ3) is 331000. The first-order chi connectivity index (χ1) is 1.73. The lowest BCUT2D eigenvalue weighted by Gasteiger charge is -1.62. The van der Waals surface area contributed by atoms with E-state index in [9.17, 15) is 0 Å². The van der Waals surface area contributed by atoms with Crippen molar-refractivity contribution in [2.24, 2.45) is 0 Å². The summed E-state index contributed by atoms with van der Waals surface area (Å²) < 4.78 is 0. The highest BCUT2D eigenvalue weighted by atomic mass is 27.0. The summed E-state index contributed by atoms with van der Waals surface area (Å²) in [5.74, 6) is 0. The first-order valence-electron chi connectivity index (χ1n) is 0.716. The molecule has 0 aliphatic rings. The zero-order chi connectivity index (χ0) is 3.58. The molecule has 0 atom stereocenters. The molecule has 1 N–H and O–H groups in total. The fraction of sp³-hybridized carbons (Fsp3) is 0. The molecule has 0 aliphatic carbocycles. The smallest absolute Gasteiger partial charge is 0.317 e. The molecule has 0 saturated carbocycles. The molecule has 2 radical (unpaired) electrons. The molecule has 4 heavy (non-hydrogen) atoms. The van der Waals surface area contributed by atoms with Crippen molar-refractivity contribution in [1.29, 1.82) is 0 Å². The van der Waals surface area contributed by atoms with Crippen LogP contribution in [0.15, 0.2) is 0 Å². The molecule has 0 aromatic carbocycles. The molecule has 0 aliphatic heterocycles. The van der Waals surface area contributed by atoms with Gasteiger partial charge in [-0.15, -0.1) is 0 Å². The second-order valence-electron chi connectivity index (χ2n) is 0.338. The maximum absolute atomic E-state index is 8.96. The predicted molar refractivity (Wildman–Crippen MR) is 13.8 cm³/mol. The van der Waals surface area contributed by atoms with Gasteiger partial charge in [0.2, 0.25) is 0 Å². The first kappa shape index (κ1) is 4.00. The van der Waals surface area contributed by atoms with Crippen molar-refractivity contribution in [2.45, 2.75) is 0 Å². The van der Waals surface area contributed by atoms with Crippen LogP contribution in [0.4, 0.5) is 4.79 Å². The molecule has 0 aromatic rings. The van der Waals surface area contributed by atoms with Crippen LogP contribution in [0.5, 0.6) is 0 Å². The molecule has 2 nitrogen and oxygen atoms in total. The van der Waals surface area contributed by atoms with E-state index in [4.69, 9.17) is 9.90 Å². The average Bonchev–Trinajstić information content (AvgIpc) is 0.811. The molecule has 3 heteroatoms. The Bertz CT molecular complexity index is 29.0. The second-order valence-corrected chi connectivity index (χ2v) is 0.832. The number of rotatable bonds is 0. The van der Waals surface area contributed by atoms with Crippen LogP contribution in [0, 0.1) is 0 Å². The Hall–Kier alpha value is 0.00247. The minimum absolute atomic E-state index is 0.917. The molecule has 0 aromatic heterocycles. The summed E-state index contributed by atoms with van der Waals surface area (Å²) in [5, 5.41) is 7.38. The fourth-order valence-electron chi connectivity index (χ4n) is 0. The molecular formula is CHAlO2. The minimum Gasteiger partial charge on any atom is -0.498 e. The zero-order valence-corrected chi connectivity index (χ0v) is 3.09. The van der Waals surface area contributed by atoms with Gasteiger partial charge in [0, 0.05) is 0 Å². The van der Waals surface area contributed by atoms with Crippen molar-refractivity contribution in [3.63, 3.8) is 0 Å². The van der Waals surface area contributed by atoms with Crippen molar-refractivity contribution in [3.05, 3.63) is 0 Å². The monoisotopic (exact) mass is 72.0 g/mol. The third-order valence-electron chi connectivity index (χ3n) is 0. The summed E-state index contributed by atoms with van der Waals surface area (Å²) in [6.07, 6.45) is 0. The lowest BCUT2D eigenvalue weighted by Crippen LogP contribution is -1.83. The van der Waals surface area contributed by atoms with E-state index >= 15 is 0 Å². The van der Waals surface area contributed by atoms with Crippen molar-refractivity contribution in [1.82, 2.24) is 0 Å². The van der Waals surface area contributed by atoms with Crippen LogP contribution in [0.2, 0.25) is 0 Å². The van der Waals surface area contributed by atoms with E-state index in [0.29, 0.717) is 0 Å². The SMILES string of the molecule is O=[C](O)[Al]. The van der Waals surface area contributed by atoms with Crippen LogP contribution in [0.3, 0.4) is 0 Å². The lowest BCUT2D eigenvalue weighted by atomic mass is 11.6. The van der Waals surface area contributed by atoms with Gasteiger partial charge < -0.3 is 5.11 Å². The number of carbonyl (C=O) groups is 1. The van der Waals surface area contributed by atoms with Gasteiger partial charge in [0.15, 0.2) is 4.83 Å². The Morgan fingerprint density at radius 2 is 2.00 bits per heavy atom. The van der Waals surface area contributed by atoms with Crippen LogP contribution in [0.25, 0.3) is 0 Å². The van der Waals surface area contributed by atoms with E-state index in [0.717, 1.165) is 0 Å². The lowest BCUT2D eigenvalue weighted by molar-refractivity contribution is 0.220. The topological polar surface area (TPSA) is 37.3 Å². The largest absolute Gasteiger partial charge is 0.498 e. The molecule has 0 rings (SSSR count). The van der Waals surface area contributed by atoms with Gasteiger partial charge >= 0.3 is 16.3 Å². The van der Waals surface area contributed by atoms with Gasteiger partial charge in [-0.2, -0.15) is 0 Å². The maximum Gasteiger partial charge on any atom is 0.317 e. The van der Waals surface area contributed by atoms with E-state index in [1.54, 1.807) is 16.3 Å². The summed E-state index contributed by atoms with van der Waals surface area (Å²) >= 11 is 1.57. The minimum atomic E-state index is -0.917. The molecule has 0 bridgehead atoms. The zero-order valence-electron chi connectivity index (χ0n) is 1.93. The van der Waals surface area contributed by atoms with E-state index in [2.05, 4.69) is 0 Å². The molecular weight excluding hydrogens is 71.0 g/mol. The molecule has 0 spiro atoms. The Labute approximate surface area is 31.9 Å². The van der Waals surface area contributed by atoms with Crippen molar-refractivity contribution < 1.29 is 9.90 Å². The van der Waals surface area contributed by atoms with Gasteiger partial charge in [-0.05, 0) is 0 Å². The van der Waals surface area contributed by atoms with Crippen molar-refractivity contribution >= 4 is 21.1 Å². The molecule has 0 saturated heterocycles. The van der Waals surface area contributed by atoms with Crippen LogP contribution in [0.1, 0.15) is 0 Å². The summed E-state index contributed by atoms with van der Waals surface area (Å²) in [6, 6.07) is 0. The highest BCUT2D eigenvalue weighted by Crippen LogP contribution is 1.41. The third-order valence-corrected chi connectivity index (χ3v) is 0. The van der Waals surface area contributed by atoms with Gasteiger partial charge in [-0.3, -0.25) is 4.79 Å². The van der Waals surface area contributed by atoms with Gasteiger partial charge in [-0.1, -0.05) is 0 Å². The van der Waals surface area contributed by atoms with Crippen molar-refractivity contribution in [2.75, 3.05) is 0 Å². The summed E-state index contributed by atoms with van der Waals surface area (Å²) in [7, 11) is 0. The van der Waals surface area contributed by atoms with Crippen LogP contribution < -0.4 is 0 Å². The van der Waals surface area contributed by atoms with Gasteiger partial charge in [0.05, 0.1) is 0 Å². The van der Waals surface area contributed by atoms with E-state index < -0.39 is 4.83 Å². The summed E-state index contributed by atoms with van der Waals surface area (Å²) in [4.78, 5) is 8.05. The summed E-state index contributed by atoms with van der Waals surface area (Å²) in [6.45, 7) is 0. The van der Waals surface area contributed by atoms with Crippen molar-refractivity contribution in [3.8, 4) is 0 Å². The van der Waals surface area contributed by atoms with Crippen LogP contribution in [-0.2, 0) is 0 Å². The first-order valence-corrected chi connectivity index (χ1v) is 1.29. The number of hydrogen-bond acceptors (Lipinski definition) is 1. The van der Waals surface area contributed by atoms with E-state index in [1.807, 2.05) is 0 Å². The maximum atomic E-state index is 8.96. The Balaban J connectivity index is 2.80. The standard InChI is InChI=1S/CHO2.Al/c2-1-3;/h(H,2,3);.